The van der Waals surface area contributed by atoms with Gasteiger partial charge in [0.2, 0.25) is 0 Å². The lowest BCUT2D eigenvalue weighted by Gasteiger charge is -2.11. The molecule has 0 aliphatic rings. The van der Waals surface area contributed by atoms with Crippen LogP contribution in [0.5, 0.6) is 0 Å². The smallest absolute Gasteiger partial charge is 0.335 e. The minimum Gasteiger partial charge on any atom is -0.478 e. The van der Waals surface area contributed by atoms with Crippen LogP contribution in [-0.2, 0) is 0 Å². The molecule has 0 bridgehead atoms. The molecule has 0 atom stereocenters. The summed E-state index contributed by atoms with van der Waals surface area (Å²) >= 11 is 5.18. The fraction of sp³-hybridized carbons (Fsp3) is 0.0625. The number of rotatable bonds is 4. The van der Waals surface area contributed by atoms with Crippen molar-refractivity contribution in [3.05, 3.63) is 59.7 Å². The minimum absolute atomic E-state index is 0.0308. The van der Waals surface area contributed by atoms with Crippen LogP contribution in [0.25, 0.3) is 0 Å². The molecule has 2 aromatic rings. The number of thiocarbonyl (C=S) groups is 1. The average Bonchev–Trinajstić information content (AvgIpc) is 2.47. The Bertz CT molecular complexity index is 682. The number of carboxylic acids is 1. The van der Waals surface area contributed by atoms with Gasteiger partial charge in [-0.25, -0.2) is 4.79 Å². The van der Waals surface area contributed by atoms with Crippen molar-refractivity contribution < 1.29 is 14.7 Å². The molecule has 2 rings (SSSR count). The van der Waals surface area contributed by atoms with Crippen LogP contribution in [0, 0.1) is 0 Å². The largest absolute Gasteiger partial charge is 0.478 e. The third kappa shape index (κ3) is 4.13. The average molecular weight is 314 g/mol. The summed E-state index contributed by atoms with van der Waals surface area (Å²) in [7, 11) is 0. The molecule has 0 heterocycles. The summed E-state index contributed by atoms with van der Waals surface area (Å²) in [5, 5.41) is 15.1. The molecule has 0 radical (unpaired) electrons. The van der Waals surface area contributed by atoms with E-state index >= 15 is 0 Å². The summed E-state index contributed by atoms with van der Waals surface area (Å²) in [6, 6.07) is 13.3. The van der Waals surface area contributed by atoms with Crippen LogP contribution in [-0.4, -0.2) is 22.0 Å². The van der Waals surface area contributed by atoms with Crippen molar-refractivity contribution in [2.75, 3.05) is 10.6 Å². The molecular weight excluding hydrogens is 300 g/mol. The predicted octanol–water partition coefficient (Wildman–Crippen LogP) is 3.40. The lowest BCUT2D eigenvalue weighted by Crippen LogP contribution is -2.19. The zero-order valence-electron chi connectivity index (χ0n) is 11.8. The third-order valence-electron chi connectivity index (χ3n) is 2.89. The monoisotopic (exact) mass is 314 g/mol. The van der Waals surface area contributed by atoms with Gasteiger partial charge in [0.05, 0.1) is 5.56 Å². The highest BCUT2D eigenvalue weighted by molar-refractivity contribution is 7.80. The summed E-state index contributed by atoms with van der Waals surface area (Å²) in [4.78, 5) is 22.3. The molecule has 0 amide bonds. The molecule has 0 unspecified atom stereocenters. The van der Waals surface area contributed by atoms with Crippen molar-refractivity contribution in [1.29, 1.82) is 0 Å². The molecule has 3 N–H and O–H groups in total. The molecule has 0 aromatic heterocycles. The maximum absolute atomic E-state index is 11.3. The Hall–Kier alpha value is -2.73. The normalized spacial score (nSPS) is 9.86. The molecule has 0 saturated carbocycles. The van der Waals surface area contributed by atoms with Gasteiger partial charge in [-0.2, -0.15) is 0 Å². The lowest BCUT2D eigenvalue weighted by molar-refractivity contribution is 0.0696. The lowest BCUT2D eigenvalue weighted by atomic mass is 10.1. The highest BCUT2D eigenvalue weighted by atomic mass is 32.1. The fourth-order valence-electron chi connectivity index (χ4n) is 1.84. The summed E-state index contributed by atoms with van der Waals surface area (Å²) in [5.41, 5.74) is 2.01. The minimum atomic E-state index is -1.00. The van der Waals surface area contributed by atoms with Gasteiger partial charge in [0, 0.05) is 16.9 Å². The second-order valence-corrected chi connectivity index (χ2v) is 5.01. The van der Waals surface area contributed by atoms with Gasteiger partial charge < -0.3 is 15.7 Å². The Morgan fingerprint density at radius 3 is 1.95 bits per heavy atom. The number of carbonyl (C=O) groups is 2. The molecular formula is C16H14N2O3S. The number of hydrogen-bond donors (Lipinski definition) is 3. The maximum atomic E-state index is 11.3. The van der Waals surface area contributed by atoms with E-state index in [0.29, 0.717) is 22.1 Å². The van der Waals surface area contributed by atoms with Gasteiger partial charge in [0.25, 0.3) is 0 Å². The van der Waals surface area contributed by atoms with E-state index in [0.717, 1.165) is 0 Å². The second kappa shape index (κ2) is 6.82. The number of Topliss-reactive ketones (excluding diaryl/α,β-unsaturated/α-hetero) is 1. The number of nitrogens with one attached hydrogen (secondary N) is 2. The number of carboxylic acid groups (broad SMARTS) is 1. The summed E-state index contributed by atoms with van der Waals surface area (Å²) < 4.78 is 0. The Morgan fingerprint density at radius 1 is 0.955 bits per heavy atom. The number of ketones is 1. The van der Waals surface area contributed by atoms with E-state index < -0.39 is 5.97 Å². The number of benzene rings is 2. The van der Waals surface area contributed by atoms with E-state index in [1.165, 1.54) is 19.1 Å². The van der Waals surface area contributed by atoms with E-state index in [9.17, 15) is 9.59 Å². The molecule has 5 nitrogen and oxygen atoms in total. The molecule has 6 heteroatoms. The van der Waals surface area contributed by atoms with Gasteiger partial charge in [-0.15, -0.1) is 0 Å². The van der Waals surface area contributed by atoms with Gasteiger partial charge >= 0.3 is 5.97 Å². The number of hydrogen-bond acceptors (Lipinski definition) is 3. The van der Waals surface area contributed by atoms with Crippen molar-refractivity contribution in [1.82, 2.24) is 0 Å². The Morgan fingerprint density at radius 2 is 1.45 bits per heavy atom. The number of anilines is 2. The summed E-state index contributed by atoms with van der Waals surface area (Å²) in [6.07, 6.45) is 0. The van der Waals surface area contributed by atoms with Crippen LogP contribution in [0.2, 0.25) is 0 Å². The van der Waals surface area contributed by atoms with Crippen LogP contribution in [0.15, 0.2) is 48.5 Å². The first-order valence-electron chi connectivity index (χ1n) is 6.48. The first kappa shape index (κ1) is 15.7. The first-order valence-corrected chi connectivity index (χ1v) is 6.89. The maximum Gasteiger partial charge on any atom is 0.335 e. The van der Waals surface area contributed by atoms with Crippen molar-refractivity contribution in [3.8, 4) is 0 Å². The van der Waals surface area contributed by atoms with Gasteiger partial charge in [-0.05, 0) is 49.5 Å². The molecule has 0 aliphatic heterocycles. The molecule has 0 aliphatic carbocycles. The highest BCUT2D eigenvalue weighted by Gasteiger charge is 2.05. The van der Waals surface area contributed by atoms with E-state index in [2.05, 4.69) is 10.6 Å². The van der Waals surface area contributed by atoms with Crippen LogP contribution in [0.3, 0.4) is 0 Å². The Labute approximate surface area is 133 Å². The third-order valence-corrected chi connectivity index (χ3v) is 3.10. The van der Waals surface area contributed by atoms with Crippen LogP contribution < -0.4 is 10.6 Å². The number of aromatic carboxylic acids is 1. The second-order valence-electron chi connectivity index (χ2n) is 4.60. The molecule has 0 fully saturated rings. The predicted molar refractivity (Wildman–Crippen MR) is 89.7 cm³/mol. The molecule has 22 heavy (non-hydrogen) atoms. The standard InChI is InChI=1S/C16H14N2O3S/c1-10(19)11-4-2-6-13(8-11)17-16(22)18-14-7-3-5-12(9-14)15(20)21/h2-9H,1H3,(H,20,21)(H2,17,18,22). The van der Waals surface area contributed by atoms with E-state index in [-0.39, 0.29) is 11.3 Å². The SMILES string of the molecule is CC(=O)c1cccc(NC(=S)Nc2cccc(C(=O)O)c2)c1. The van der Waals surface area contributed by atoms with Crippen LogP contribution in [0.4, 0.5) is 11.4 Å². The van der Waals surface area contributed by atoms with Crippen molar-refractivity contribution in [2.24, 2.45) is 0 Å². The molecule has 2 aromatic carbocycles. The fourth-order valence-corrected chi connectivity index (χ4v) is 2.08. The van der Waals surface area contributed by atoms with Gasteiger partial charge in [0.15, 0.2) is 10.9 Å². The van der Waals surface area contributed by atoms with E-state index in [4.69, 9.17) is 17.3 Å². The quantitative estimate of drug-likeness (QED) is 0.593. The summed E-state index contributed by atoms with van der Waals surface area (Å²) in [5.74, 6) is -1.03. The molecule has 0 spiro atoms. The Balaban J connectivity index is 2.07. The summed E-state index contributed by atoms with van der Waals surface area (Å²) in [6.45, 7) is 1.49. The zero-order chi connectivity index (χ0) is 16.1. The van der Waals surface area contributed by atoms with Crippen LogP contribution >= 0.6 is 12.2 Å². The molecule has 112 valence electrons. The van der Waals surface area contributed by atoms with Crippen LogP contribution in [0.1, 0.15) is 27.6 Å². The zero-order valence-corrected chi connectivity index (χ0v) is 12.6. The molecule has 0 saturated heterocycles. The van der Waals surface area contributed by atoms with E-state index in [1.54, 1.807) is 36.4 Å². The topological polar surface area (TPSA) is 78.4 Å². The van der Waals surface area contributed by atoms with Crippen molar-refractivity contribution in [3.63, 3.8) is 0 Å². The van der Waals surface area contributed by atoms with Crippen molar-refractivity contribution >= 4 is 40.5 Å². The van der Waals surface area contributed by atoms with Gasteiger partial charge in [-0.1, -0.05) is 18.2 Å². The van der Waals surface area contributed by atoms with Gasteiger partial charge in [-0.3, -0.25) is 4.79 Å². The highest BCUT2D eigenvalue weighted by Crippen LogP contribution is 2.14. The Kier molecular flexibility index (Phi) is 4.85. The number of carbonyl (C=O) groups excluding carboxylic acids is 1. The van der Waals surface area contributed by atoms with Gasteiger partial charge in [0.1, 0.15) is 0 Å². The van der Waals surface area contributed by atoms with E-state index in [1.807, 2.05) is 0 Å². The first-order chi connectivity index (χ1) is 10.5. The van der Waals surface area contributed by atoms with Crippen molar-refractivity contribution in [2.45, 2.75) is 6.92 Å².